The molecule has 4 N–H and O–H groups in total. The van der Waals surface area contributed by atoms with E-state index in [4.69, 9.17) is 0 Å². The largest absolute Gasteiger partial charge is 0.393 e. The SMILES string of the molecule is C[C@H](CCc1nc2cc(F)c(F)cc2c(=O)[nH]1)[C@H]1CC[C@H]2[C@H]3C(C[C@H](O)[C@]12C)[C@@]1(C)CC[C@@H](O)C[C@H]1C[C@H]3O. The Labute approximate surface area is 228 Å². The molecule has 214 valence electrons. The van der Waals surface area contributed by atoms with Crippen LogP contribution in [-0.2, 0) is 6.42 Å². The van der Waals surface area contributed by atoms with Crippen LogP contribution in [0.25, 0.3) is 10.9 Å². The van der Waals surface area contributed by atoms with Crippen LogP contribution in [0.1, 0.15) is 78.0 Å². The lowest BCUT2D eigenvalue weighted by atomic mass is 9.43. The molecule has 4 aliphatic rings. The number of hydrogen-bond donors (Lipinski definition) is 4. The van der Waals surface area contributed by atoms with Gasteiger partial charge in [0, 0.05) is 12.5 Å². The van der Waals surface area contributed by atoms with E-state index in [-0.39, 0.29) is 57.4 Å². The summed E-state index contributed by atoms with van der Waals surface area (Å²) in [6, 6.07) is 1.86. The van der Waals surface area contributed by atoms with Gasteiger partial charge in [0.25, 0.3) is 5.56 Å². The summed E-state index contributed by atoms with van der Waals surface area (Å²) in [6.07, 6.45) is 6.02. The molecule has 4 fully saturated rings. The van der Waals surface area contributed by atoms with Gasteiger partial charge in [0.1, 0.15) is 5.82 Å². The zero-order valence-electron chi connectivity index (χ0n) is 23.2. The van der Waals surface area contributed by atoms with Gasteiger partial charge in [-0.2, -0.15) is 0 Å². The summed E-state index contributed by atoms with van der Waals surface area (Å²) in [5.74, 6) is -0.156. The van der Waals surface area contributed by atoms with Crippen LogP contribution < -0.4 is 5.56 Å². The summed E-state index contributed by atoms with van der Waals surface area (Å²) in [7, 11) is 0. The highest BCUT2D eigenvalue weighted by Gasteiger charge is 2.65. The minimum atomic E-state index is -1.07. The Morgan fingerprint density at radius 2 is 1.79 bits per heavy atom. The quantitative estimate of drug-likeness (QED) is 0.445. The van der Waals surface area contributed by atoms with Crippen molar-refractivity contribution in [1.29, 1.82) is 0 Å². The standard InChI is InChI=1S/C31H42F2N2O4/c1-15(4-7-27-34-24-14-23(33)22(32)12-18(24)29(39)35-27)19-5-6-20-28-21(13-26(38)31(19,20)3)30(2)9-8-17(36)10-16(30)11-25(28)37/h12,14-17,19-21,25-26,28,36-38H,4-11,13H2,1-3H3,(H,34,35,39)/t15-,16+,17-,19-,20+,21?,25-,26+,28+,30+,31-/m1/s1. The van der Waals surface area contributed by atoms with Gasteiger partial charge in [-0.1, -0.05) is 20.8 Å². The Bertz CT molecular complexity index is 1320. The van der Waals surface area contributed by atoms with Crippen molar-refractivity contribution in [3.05, 3.63) is 39.9 Å². The maximum atomic E-state index is 13.8. The average Bonchev–Trinajstić information content (AvgIpc) is 3.24. The molecule has 0 aliphatic heterocycles. The number of aryl methyl sites for hydroxylation is 1. The second-order valence-electron chi connectivity index (χ2n) is 13.8. The van der Waals surface area contributed by atoms with E-state index in [1.807, 2.05) is 0 Å². The summed E-state index contributed by atoms with van der Waals surface area (Å²) in [4.78, 5) is 19.6. The molecule has 39 heavy (non-hydrogen) atoms. The molecule has 2 aromatic rings. The molecule has 0 bridgehead atoms. The van der Waals surface area contributed by atoms with Crippen molar-refractivity contribution < 1.29 is 24.1 Å². The Balaban J connectivity index is 1.21. The molecule has 11 atom stereocenters. The molecule has 4 aliphatic carbocycles. The third-order valence-electron chi connectivity index (χ3n) is 12.2. The molecule has 6 nitrogen and oxygen atoms in total. The average molecular weight is 545 g/mol. The zero-order valence-corrected chi connectivity index (χ0v) is 23.2. The van der Waals surface area contributed by atoms with Gasteiger partial charge < -0.3 is 20.3 Å². The predicted molar refractivity (Wildman–Crippen MR) is 144 cm³/mol. The summed E-state index contributed by atoms with van der Waals surface area (Å²) < 4.78 is 27.4. The molecule has 1 aromatic heterocycles. The maximum Gasteiger partial charge on any atom is 0.258 e. The highest BCUT2D eigenvalue weighted by Crippen LogP contribution is 2.68. The topological polar surface area (TPSA) is 106 Å². The first-order valence-electron chi connectivity index (χ1n) is 14.9. The van der Waals surface area contributed by atoms with E-state index in [9.17, 15) is 28.9 Å². The fourth-order valence-corrected chi connectivity index (χ4v) is 10.00. The Hall–Kier alpha value is -1.90. The molecule has 0 radical (unpaired) electrons. The molecule has 1 heterocycles. The second-order valence-corrected chi connectivity index (χ2v) is 13.8. The number of benzene rings is 1. The smallest absolute Gasteiger partial charge is 0.258 e. The number of aromatic nitrogens is 2. The minimum Gasteiger partial charge on any atom is -0.393 e. The minimum absolute atomic E-state index is 0.0335. The van der Waals surface area contributed by atoms with E-state index < -0.39 is 29.4 Å². The van der Waals surface area contributed by atoms with Gasteiger partial charge in [-0.25, -0.2) is 13.8 Å². The van der Waals surface area contributed by atoms with Crippen molar-refractivity contribution in [2.45, 2.75) is 96.9 Å². The first-order chi connectivity index (χ1) is 18.4. The van der Waals surface area contributed by atoms with Crippen LogP contribution in [0, 0.1) is 58.0 Å². The third kappa shape index (κ3) is 4.19. The summed E-state index contributed by atoms with van der Waals surface area (Å²) in [5.41, 5.74) is -0.582. The van der Waals surface area contributed by atoms with Crippen molar-refractivity contribution in [3.63, 3.8) is 0 Å². The fraction of sp³-hybridized carbons (Fsp3) is 0.742. The highest BCUT2D eigenvalue weighted by molar-refractivity contribution is 5.77. The van der Waals surface area contributed by atoms with Gasteiger partial charge in [-0.15, -0.1) is 0 Å². The van der Waals surface area contributed by atoms with Crippen molar-refractivity contribution in [3.8, 4) is 0 Å². The third-order valence-corrected chi connectivity index (χ3v) is 12.2. The molecule has 0 spiro atoms. The zero-order chi connectivity index (χ0) is 27.9. The lowest BCUT2D eigenvalue weighted by molar-refractivity contribution is -0.207. The number of fused-ring (bicyclic) bond motifs is 6. The number of aromatic amines is 1. The monoisotopic (exact) mass is 544 g/mol. The van der Waals surface area contributed by atoms with Crippen LogP contribution in [0.4, 0.5) is 8.78 Å². The van der Waals surface area contributed by atoms with E-state index in [2.05, 4.69) is 30.7 Å². The van der Waals surface area contributed by atoms with E-state index in [1.54, 1.807) is 0 Å². The van der Waals surface area contributed by atoms with Gasteiger partial charge in [-0.05, 0) is 104 Å². The molecule has 1 aromatic carbocycles. The molecule has 8 heteroatoms. The molecule has 1 unspecified atom stereocenters. The van der Waals surface area contributed by atoms with Gasteiger partial charge in [0.15, 0.2) is 11.6 Å². The van der Waals surface area contributed by atoms with Gasteiger partial charge in [-0.3, -0.25) is 4.79 Å². The van der Waals surface area contributed by atoms with Crippen LogP contribution >= 0.6 is 0 Å². The molecular weight excluding hydrogens is 502 g/mol. The number of rotatable bonds is 4. The fourth-order valence-electron chi connectivity index (χ4n) is 10.00. The Morgan fingerprint density at radius 3 is 2.56 bits per heavy atom. The van der Waals surface area contributed by atoms with Gasteiger partial charge in [0.05, 0.1) is 29.2 Å². The molecule has 0 amide bonds. The van der Waals surface area contributed by atoms with Crippen LogP contribution in [0.2, 0.25) is 0 Å². The number of halogens is 2. The molecule has 4 saturated carbocycles. The number of H-pyrrole nitrogens is 1. The van der Waals surface area contributed by atoms with E-state index in [0.717, 1.165) is 57.1 Å². The first kappa shape index (κ1) is 27.3. The van der Waals surface area contributed by atoms with Crippen molar-refractivity contribution in [2.75, 3.05) is 0 Å². The number of nitrogens with one attached hydrogen (secondary N) is 1. The van der Waals surface area contributed by atoms with E-state index in [0.29, 0.717) is 24.6 Å². The van der Waals surface area contributed by atoms with E-state index in [1.165, 1.54) is 0 Å². The summed E-state index contributed by atoms with van der Waals surface area (Å²) in [5, 5.41) is 33.6. The van der Waals surface area contributed by atoms with Crippen molar-refractivity contribution in [1.82, 2.24) is 9.97 Å². The number of nitrogens with zero attached hydrogens (tertiary/aromatic N) is 1. The molecule has 6 rings (SSSR count). The van der Waals surface area contributed by atoms with Crippen molar-refractivity contribution in [2.24, 2.45) is 46.3 Å². The van der Waals surface area contributed by atoms with Crippen LogP contribution in [0.15, 0.2) is 16.9 Å². The highest BCUT2D eigenvalue weighted by atomic mass is 19.2. The predicted octanol–water partition coefficient (Wildman–Crippen LogP) is 4.73. The Morgan fingerprint density at radius 1 is 1.05 bits per heavy atom. The Kier molecular flexibility index (Phi) is 6.71. The summed E-state index contributed by atoms with van der Waals surface area (Å²) in [6.45, 7) is 6.77. The molecular formula is C31H42F2N2O4. The number of aliphatic hydroxyl groups excluding tert-OH is 3. The first-order valence-corrected chi connectivity index (χ1v) is 14.9. The number of hydrogen-bond acceptors (Lipinski definition) is 5. The molecule has 0 saturated heterocycles. The normalized spacial score (nSPS) is 42.6. The van der Waals surface area contributed by atoms with Gasteiger partial charge >= 0.3 is 0 Å². The van der Waals surface area contributed by atoms with Crippen LogP contribution in [0.3, 0.4) is 0 Å². The number of aliphatic hydroxyl groups is 3. The van der Waals surface area contributed by atoms with Crippen LogP contribution in [-0.4, -0.2) is 43.6 Å². The van der Waals surface area contributed by atoms with Crippen molar-refractivity contribution >= 4 is 10.9 Å². The lowest BCUT2D eigenvalue weighted by Gasteiger charge is -2.63. The summed E-state index contributed by atoms with van der Waals surface area (Å²) >= 11 is 0. The lowest BCUT2D eigenvalue weighted by Crippen LogP contribution is -2.62. The van der Waals surface area contributed by atoms with Gasteiger partial charge in [0.2, 0.25) is 0 Å². The van der Waals surface area contributed by atoms with E-state index >= 15 is 0 Å². The van der Waals surface area contributed by atoms with Crippen LogP contribution in [0.5, 0.6) is 0 Å². The second kappa shape index (κ2) is 9.59. The maximum absolute atomic E-state index is 13.8.